The zero-order chi connectivity index (χ0) is 19.3. The molecule has 0 saturated carbocycles. The van der Waals surface area contributed by atoms with E-state index in [0.717, 1.165) is 5.56 Å². The number of nitrogens with zero attached hydrogens (tertiary/aromatic N) is 1. The number of benzene rings is 2. The van der Waals surface area contributed by atoms with Crippen LogP contribution in [0.4, 0.5) is 0 Å². The van der Waals surface area contributed by atoms with E-state index in [2.05, 4.69) is 0 Å². The Morgan fingerprint density at radius 3 is 2.26 bits per heavy atom. The smallest absolute Gasteiger partial charge is 0.222 e. The fraction of sp³-hybridized carbons (Fsp3) is 0.381. The standard InChI is InChI=1S/C21H25NO4S/c1-26-18-8-10-19(11-9-18)27(24,25)20-13-15-22(16-14-20)21(23)12-7-17-5-3-2-4-6-17/h2-6,8-11,20H,7,12-16H2,1H3. The topological polar surface area (TPSA) is 63.7 Å². The molecule has 2 aromatic rings. The normalized spacial score (nSPS) is 15.5. The third kappa shape index (κ3) is 4.69. The average Bonchev–Trinajstić information content (AvgIpc) is 2.73. The molecule has 1 heterocycles. The summed E-state index contributed by atoms with van der Waals surface area (Å²) in [5.41, 5.74) is 1.14. The highest BCUT2D eigenvalue weighted by Gasteiger charge is 2.32. The number of aryl methyl sites for hydroxylation is 1. The van der Waals surface area contributed by atoms with Crippen molar-refractivity contribution in [1.82, 2.24) is 4.90 Å². The number of hydrogen-bond acceptors (Lipinski definition) is 4. The molecule has 0 atom stereocenters. The largest absolute Gasteiger partial charge is 0.497 e. The van der Waals surface area contributed by atoms with Crippen molar-refractivity contribution in [2.75, 3.05) is 20.2 Å². The van der Waals surface area contributed by atoms with Crippen molar-refractivity contribution in [2.45, 2.75) is 35.8 Å². The molecule has 2 aromatic carbocycles. The molecule has 1 amide bonds. The van der Waals surface area contributed by atoms with Gasteiger partial charge in [0.05, 0.1) is 17.3 Å². The van der Waals surface area contributed by atoms with Gasteiger partial charge in [0.1, 0.15) is 5.75 Å². The number of likely N-dealkylation sites (tertiary alicyclic amines) is 1. The highest BCUT2D eigenvalue weighted by Crippen LogP contribution is 2.26. The molecule has 0 radical (unpaired) electrons. The van der Waals surface area contributed by atoms with Gasteiger partial charge in [0.2, 0.25) is 5.91 Å². The minimum Gasteiger partial charge on any atom is -0.497 e. The molecular weight excluding hydrogens is 362 g/mol. The van der Waals surface area contributed by atoms with Gasteiger partial charge in [-0.2, -0.15) is 0 Å². The van der Waals surface area contributed by atoms with Gasteiger partial charge in [-0.05, 0) is 49.1 Å². The zero-order valence-corrected chi connectivity index (χ0v) is 16.3. The third-order valence-electron chi connectivity index (χ3n) is 5.09. The summed E-state index contributed by atoms with van der Waals surface area (Å²) >= 11 is 0. The maximum Gasteiger partial charge on any atom is 0.222 e. The van der Waals surface area contributed by atoms with Crippen molar-refractivity contribution in [3.63, 3.8) is 0 Å². The van der Waals surface area contributed by atoms with E-state index in [1.807, 2.05) is 30.3 Å². The molecule has 27 heavy (non-hydrogen) atoms. The quantitative estimate of drug-likeness (QED) is 0.764. The van der Waals surface area contributed by atoms with Gasteiger partial charge in [0, 0.05) is 19.5 Å². The SMILES string of the molecule is COc1ccc(S(=O)(=O)C2CCN(C(=O)CCc3ccccc3)CC2)cc1. The van der Waals surface area contributed by atoms with Crippen molar-refractivity contribution < 1.29 is 17.9 Å². The van der Waals surface area contributed by atoms with Crippen LogP contribution < -0.4 is 4.74 Å². The molecule has 1 saturated heterocycles. The number of rotatable bonds is 6. The number of carbonyl (C=O) groups is 1. The summed E-state index contributed by atoms with van der Waals surface area (Å²) < 4.78 is 30.7. The Balaban J connectivity index is 1.55. The second-order valence-electron chi connectivity index (χ2n) is 6.79. The van der Waals surface area contributed by atoms with Crippen LogP contribution in [0.5, 0.6) is 5.75 Å². The Morgan fingerprint density at radius 1 is 1.04 bits per heavy atom. The maximum atomic E-state index is 12.8. The Bertz CT molecular complexity index is 855. The van der Waals surface area contributed by atoms with E-state index in [1.54, 1.807) is 36.3 Å². The predicted molar refractivity (Wildman–Crippen MR) is 105 cm³/mol. The fourth-order valence-corrected chi connectivity index (χ4v) is 5.16. The maximum absolute atomic E-state index is 12.8. The minimum absolute atomic E-state index is 0.0964. The second-order valence-corrected chi connectivity index (χ2v) is 9.01. The molecule has 0 unspecified atom stereocenters. The first-order valence-corrected chi connectivity index (χ1v) is 10.7. The molecule has 0 bridgehead atoms. The van der Waals surface area contributed by atoms with Crippen molar-refractivity contribution in [3.05, 3.63) is 60.2 Å². The molecule has 1 aliphatic rings. The summed E-state index contributed by atoms with van der Waals surface area (Å²) in [4.78, 5) is 14.5. The monoisotopic (exact) mass is 387 g/mol. The summed E-state index contributed by atoms with van der Waals surface area (Å²) in [5.74, 6) is 0.729. The zero-order valence-electron chi connectivity index (χ0n) is 15.5. The lowest BCUT2D eigenvalue weighted by Gasteiger charge is -2.32. The van der Waals surface area contributed by atoms with E-state index in [9.17, 15) is 13.2 Å². The lowest BCUT2D eigenvalue weighted by Crippen LogP contribution is -2.42. The Labute approximate surface area is 160 Å². The fourth-order valence-electron chi connectivity index (χ4n) is 3.43. The number of piperidine rings is 1. The van der Waals surface area contributed by atoms with Crippen LogP contribution in [-0.4, -0.2) is 44.7 Å². The molecule has 1 aliphatic heterocycles. The van der Waals surface area contributed by atoms with Gasteiger partial charge in [-0.15, -0.1) is 0 Å². The van der Waals surface area contributed by atoms with E-state index in [1.165, 1.54) is 0 Å². The molecule has 144 valence electrons. The number of ether oxygens (including phenoxy) is 1. The number of sulfone groups is 1. The first-order chi connectivity index (χ1) is 13.0. The summed E-state index contributed by atoms with van der Waals surface area (Å²) in [6.45, 7) is 0.987. The van der Waals surface area contributed by atoms with Crippen LogP contribution >= 0.6 is 0 Å². The van der Waals surface area contributed by atoms with Crippen molar-refractivity contribution in [2.24, 2.45) is 0 Å². The van der Waals surface area contributed by atoms with Crippen LogP contribution in [0.25, 0.3) is 0 Å². The molecule has 3 rings (SSSR count). The average molecular weight is 388 g/mol. The van der Waals surface area contributed by atoms with Crippen molar-refractivity contribution in [1.29, 1.82) is 0 Å². The number of carbonyl (C=O) groups excluding carboxylic acids is 1. The van der Waals surface area contributed by atoms with Crippen LogP contribution in [0, 0.1) is 0 Å². The van der Waals surface area contributed by atoms with Gasteiger partial charge in [0.15, 0.2) is 9.84 Å². The van der Waals surface area contributed by atoms with Crippen LogP contribution in [0.1, 0.15) is 24.8 Å². The highest BCUT2D eigenvalue weighted by molar-refractivity contribution is 7.92. The number of methoxy groups -OCH3 is 1. The van der Waals surface area contributed by atoms with Crippen LogP contribution in [0.3, 0.4) is 0 Å². The van der Waals surface area contributed by atoms with Crippen LogP contribution in [-0.2, 0) is 21.1 Å². The van der Waals surface area contributed by atoms with Crippen molar-refractivity contribution >= 4 is 15.7 Å². The first-order valence-electron chi connectivity index (χ1n) is 9.20. The van der Waals surface area contributed by atoms with Gasteiger partial charge < -0.3 is 9.64 Å². The summed E-state index contributed by atoms with van der Waals surface area (Å²) in [7, 11) is -1.84. The van der Waals surface area contributed by atoms with E-state index in [0.29, 0.717) is 49.4 Å². The molecule has 0 spiro atoms. The van der Waals surface area contributed by atoms with E-state index >= 15 is 0 Å². The Kier molecular flexibility index (Phi) is 6.16. The molecule has 1 fully saturated rings. The van der Waals surface area contributed by atoms with E-state index in [-0.39, 0.29) is 5.91 Å². The Morgan fingerprint density at radius 2 is 1.67 bits per heavy atom. The van der Waals surface area contributed by atoms with Crippen LogP contribution in [0.15, 0.2) is 59.5 Å². The third-order valence-corrected chi connectivity index (χ3v) is 7.37. The lowest BCUT2D eigenvalue weighted by atomic mass is 10.1. The minimum atomic E-state index is -3.38. The lowest BCUT2D eigenvalue weighted by molar-refractivity contribution is -0.132. The van der Waals surface area contributed by atoms with Gasteiger partial charge in [-0.25, -0.2) is 8.42 Å². The molecule has 0 N–H and O–H groups in total. The second kappa shape index (κ2) is 8.57. The molecule has 0 aliphatic carbocycles. The van der Waals surface area contributed by atoms with Gasteiger partial charge in [-0.1, -0.05) is 30.3 Å². The summed E-state index contributed by atoms with van der Waals surface area (Å²) in [5, 5.41) is -0.441. The molecular formula is C21H25NO4S. The van der Waals surface area contributed by atoms with Gasteiger partial charge in [0.25, 0.3) is 0 Å². The molecule has 5 nitrogen and oxygen atoms in total. The molecule has 0 aromatic heterocycles. The first kappa shape index (κ1) is 19.4. The van der Waals surface area contributed by atoms with Gasteiger partial charge in [-0.3, -0.25) is 4.79 Å². The summed E-state index contributed by atoms with van der Waals surface area (Å²) in [6, 6.07) is 16.4. The van der Waals surface area contributed by atoms with Crippen LogP contribution in [0.2, 0.25) is 0 Å². The van der Waals surface area contributed by atoms with Crippen molar-refractivity contribution in [3.8, 4) is 5.75 Å². The molecule has 6 heteroatoms. The number of amides is 1. The predicted octanol–water partition coefficient (Wildman–Crippen LogP) is 3.09. The summed E-state index contributed by atoms with van der Waals surface area (Å²) in [6.07, 6.45) is 2.13. The number of hydrogen-bond donors (Lipinski definition) is 0. The van der Waals surface area contributed by atoms with E-state index in [4.69, 9.17) is 4.74 Å². The highest BCUT2D eigenvalue weighted by atomic mass is 32.2. The van der Waals surface area contributed by atoms with Gasteiger partial charge >= 0.3 is 0 Å². The Hall–Kier alpha value is -2.34. The van der Waals surface area contributed by atoms with E-state index < -0.39 is 15.1 Å².